The third-order valence-corrected chi connectivity index (χ3v) is 4.12. The Bertz CT molecular complexity index is 687. The van der Waals surface area contributed by atoms with E-state index in [0.29, 0.717) is 17.2 Å². The Hall–Kier alpha value is -1.58. The third-order valence-electron chi connectivity index (χ3n) is 3.91. The van der Waals surface area contributed by atoms with Crippen LogP contribution in [0.25, 0.3) is 0 Å². The lowest BCUT2D eigenvalue weighted by atomic mass is 9.95. The van der Waals surface area contributed by atoms with E-state index < -0.39 is 0 Å². The number of ether oxygens (including phenoxy) is 1. The van der Waals surface area contributed by atoms with Crippen LogP contribution < -0.4 is 10.1 Å². The first-order valence-electron chi connectivity index (χ1n) is 6.98. The molecule has 21 heavy (non-hydrogen) atoms. The fourth-order valence-electron chi connectivity index (χ4n) is 2.80. The molecule has 1 aliphatic heterocycles. The fraction of sp³-hybridized carbons (Fsp3) is 0.294. The molecule has 1 unspecified atom stereocenters. The first kappa shape index (κ1) is 14.4. The van der Waals surface area contributed by atoms with Crippen LogP contribution in [-0.2, 0) is 6.42 Å². The van der Waals surface area contributed by atoms with Crippen LogP contribution in [0.4, 0.5) is 4.39 Å². The van der Waals surface area contributed by atoms with Gasteiger partial charge in [-0.15, -0.1) is 0 Å². The number of hydrogen-bond donors (Lipinski definition) is 1. The number of aryl methyl sites for hydroxylation is 1. The Balaban J connectivity index is 2.10. The molecule has 1 atom stereocenters. The van der Waals surface area contributed by atoms with Gasteiger partial charge in [-0.05, 0) is 48.9 Å². The minimum atomic E-state index is -0.202. The van der Waals surface area contributed by atoms with Crippen LogP contribution in [0.15, 0.2) is 30.3 Å². The smallest absolute Gasteiger partial charge is 0.127 e. The highest BCUT2D eigenvalue weighted by molar-refractivity contribution is 6.30. The summed E-state index contributed by atoms with van der Waals surface area (Å²) in [4.78, 5) is 0. The van der Waals surface area contributed by atoms with Gasteiger partial charge in [0.25, 0.3) is 0 Å². The van der Waals surface area contributed by atoms with E-state index in [1.54, 1.807) is 19.1 Å². The summed E-state index contributed by atoms with van der Waals surface area (Å²) in [6.07, 6.45) is 0.863. The predicted octanol–water partition coefficient (Wildman–Crippen LogP) is 4.03. The van der Waals surface area contributed by atoms with Crippen LogP contribution in [0.5, 0.6) is 5.75 Å². The Kier molecular flexibility index (Phi) is 3.87. The highest BCUT2D eigenvalue weighted by atomic mass is 35.5. The van der Waals surface area contributed by atoms with Gasteiger partial charge in [0.05, 0.1) is 12.6 Å². The molecular weight excluding hydrogens is 289 g/mol. The van der Waals surface area contributed by atoms with Crippen molar-refractivity contribution in [3.8, 4) is 5.75 Å². The molecule has 0 aromatic heterocycles. The van der Waals surface area contributed by atoms with Crippen molar-refractivity contribution in [2.45, 2.75) is 19.4 Å². The Morgan fingerprint density at radius 3 is 2.81 bits per heavy atom. The molecule has 2 aromatic carbocycles. The highest BCUT2D eigenvalue weighted by Crippen LogP contribution is 2.38. The summed E-state index contributed by atoms with van der Waals surface area (Å²) in [7, 11) is 1.85. The van der Waals surface area contributed by atoms with E-state index in [1.807, 2.05) is 25.2 Å². The van der Waals surface area contributed by atoms with Gasteiger partial charge in [-0.2, -0.15) is 0 Å². The molecule has 0 saturated heterocycles. The lowest BCUT2D eigenvalue weighted by molar-refractivity contribution is 0.351. The molecule has 0 spiro atoms. The van der Waals surface area contributed by atoms with Gasteiger partial charge in [-0.1, -0.05) is 23.7 Å². The van der Waals surface area contributed by atoms with E-state index in [4.69, 9.17) is 16.3 Å². The molecule has 0 amide bonds. The molecule has 2 nitrogen and oxygen atoms in total. The summed E-state index contributed by atoms with van der Waals surface area (Å²) in [5.74, 6) is 0.673. The molecule has 0 radical (unpaired) electrons. The zero-order chi connectivity index (χ0) is 15.0. The largest absolute Gasteiger partial charge is 0.493 e. The molecular formula is C17H17ClFNO. The molecule has 4 heteroatoms. The molecule has 2 aromatic rings. The first-order chi connectivity index (χ1) is 10.1. The number of fused-ring (bicyclic) bond motifs is 1. The van der Waals surface area contributed by atoms with E-state index >= 15 is 0 Å². The number of halogens is 2. The van der Waals surface area contributed by atoms with Crippen LogP contribution in [0, 0.1) is 12.7 Å². The molecule has 1 aliphatic rings. The average Bonchev–Trinajstić information content (AvgIpc) is 2.91. The summed E-state index contributed by atoms with van der Waals surface area (Å²) in [5.41, 5.74) is 3.58. The quantitative estimate of drug-likeness (QED) is 0.924. The van der Waals surface area contributed by atoms with Crippen molar-refractivity contribution in [1.82, 2.24) is 5.32 Å². The van der Waals surface area contributed by atoms with Crippen molar-refractivity contribution in [2.75, 3.05) is 13.7 Å². The van der Waals surface area contributed by atoms with Crippen LogP contribution in [0.2, 0.25) is 5.02 Å². The summed E-state index contributed by atoms with van der Waals surface area (Å²) >= 11 is 6.22. The summed E-state index contributed by atoms with van der Waals surface area (Å²) in [6, 6.07) is 8.98. The molecule has 1 heterocycles. The second-order valence-corrected chi connectivity index (χ2v) is 5.75. The maximum Gasteiger partial charge on any atom is 0.127 e. The van der Waals surface area contributed by atoms with Gasteiger partial charge in [0.1, 0.15) is 11.6 Å². The monoisotopic (exact) mass is 305 g/mol. The summed E-state index contributed by atoms with van der Waals surface area (Å²) < 4.78 is 19.6. The van der Waals surface area contributed by atoms with Crippen molar-refractivity contribution >= 4 is 11.6 Å². The van der Waals surface area contributed by atoms with Crippen LogP contribution in [-0.4, -0.2) is 13.7 Å². The van der Waals surface area contributed by atoms with Gasteiger partial charge in [0.15, 0.2) is 0 Å². The number of rotatable bonds is 3. The standard InChI is InChI=1S/C17H17ClFNO/c1-10-3-4-11(8-15(10)19)16(20-2)14-9-13(18)7-12-5-6-21-17(12)14/h3-4,7-9,16,20H,5-6H2,1-2H3. The van der Waals surface area contributed by atoms with Crippen LogP contribution >= 0.6 is 11.6 Å². The minimum Gasteiger partial charge on any atom is -0.493 e. The lowest BCUT2D eigenvalue weighted by Crippen LogP contribution is -2.18. The molecule has 1 N–H and O–H groups in total. The van der Waals surface area contributed by atoms with Crippen molar-refractivity contribution in [1.29, 1.82) is 0 Å². The second kappa shape index (κ2) is 5.66. The van der Waals surface area contributed by atoms with E-state index in [-0.39, 0.29) is 11.9 Å². The van der Waals surface area contributed by atoms with E-state index in [0.717, 1.165) is 28.9 Å². The van der Waals surface area contributed by atoms with Gasteiger partial charge < -0.3 is 10.1 Å². The number of hydrogen-bond acceptors (Lipinski definition) is 2. The van der Waals surface area contributed by atoms with Crippen LogP contribution in [0.1, 0.15) is 28.3 Å². The van der Waals surface area contributed by atoms with Gasteiger partial charge in [0, 0.05) is 17.0 Å². The first-order valence-corrected chi connectivity index (χ1v) is 7.36. The molecule has 0 aliphatic carbocycles. The fourth-order valence-corrected chi connectivity index (χ4v) is 3.05. The number of benzene rings is 2. The van der Waals surface area contributed by atoms with E-state index in [1.165, 1.54) is 0 Å². The predicted molar refractivity (Wildman–Crippen MR) is 82.7 cm³/mol. The zero-order valence-electron chi connectivity index (χ0n) is 12.0. The van der Waals surface area contributed by atoms with E-state index in [9.17, 15) is 4.39 Å². The molecule has 0 fully saturated rings. The minimum absolute atomic E-state index is 0.148. The van der Waals surface area contributed by atoms with E-state index in [2.05, 4.69) is 5.32 Å². The van der Waals surface area contributed by atoms with Crippen molar-refractivity contribution in [2.24, 2.45) is 0 Å². The Morgan fingerprint density at radius 1 is 1.29 bits per heavy atom. The third kappa shape index (κ3) is 2.63. The summed E-state index contributed by atoms with van der Waals surface area (Å²) in [6.45, 7) is 2.43. The molecule has 3 rings (SSSR count). The normalized spacial score (nSPS) is 14.7. The van der Waals surface area contributed by atoms with Crippen molar-refractivity contribution < 1.29 is 9.13 Å². The van der Waals surface area contributed by atoms with Gasteiger partial charge in [-0.3, -0.25) is 0 Å². The molecule has 0 bridgehead atoms. The summed E-state index contributed by atoms with van der Waals surface area (Å²) in [5, 5.41) is 3.92. The molecule has 0 saturated carbocycles. The SMILES string of the molecule is CNC(c1ccc(C)c(F)c1)c1cc(Cl)cc2c1OCC2. The second-order valence-electron chi connectivity index (χ2n) is 5.31. The van der Waals surface area contributed by atoms with Crippen molar-refractivity contribution in [3.63, 3.8) is 0 Å². The molecule has 110 valence electrons. The van der Waals surface area contributed by atoms with Gasteiger partial charge in [-0.25, -0.2) is 4.39 Å². The Labute approximate surface area is 128 Å². The maximum absolute atomic E-state index is 13.9. The highest BCUT2D eigenvalue weighted by Gasteiger charge is 2.24. The van der Waals surface area contributed by atoms with Crippen LogP contribution in [0.3, 0.4) is 0 Å². The topological polar surface area (TPSA) is 21.3 Å². The number of nitrogens with one attached hydrogen (secondary N) is 1. The van der Waals surface area contributed by atoms with Gasteiger partial charge in [0.2, 0.25) is 0 Å². The average molecular weight is 306 g/mol. The Morgan fingerprint density at radius 2 is 2.10 bits per heavy atom. The van der Waals surface area contributed by atoms with Gasteiger partial charge >= 0.3 is 0 Å². The lowest BCUT2D eigenvalue weighted by Gasteiger charge is -2.20. The van der Waals surface area contributed by atoms with Crippen molar-refractivity contribution in [3.05, 3.63) is 63.4 Å². The zero-order valence-corrected chi connectivity index (χ0v) is 12.8. The maximum atomic E-state index is 13.9.